The summed E-state index contributed by atoms with van der Waals surface area (Å²) in [5, 5.41) is 10.8. The van der Waals surface area contributed by atoms with E-state index in [1.54, 1.807) is 26.4 Å². The van der Waals surface area contributed by atoms with E-state index in [4.69, 9.17) is 9.47 Å². The van der Waals surface area contributed by atoms with Crippen LogP contribution in [0.15, 0.2) is 42.5 Å². The molecule has 2 aromatic rings. The Balaban J connectivity index is 1.62. The summed E-state index contributed by atoms with van der Waals surface area (Å²) in [6, 6.07) is 12.8. The van der Waals surface area contributed by atoms with Gasteiger partial charge >= 0.3 is 0 Å². The molecule has 0 atom stereocenters. The van der Waals surface area contributed by atoms with Gasteiger partial charge in [0.2, 0.25) is 0 Å². The summed E-state index contributed by atoms with van der Waals surface area (Å²) in [4.78, 5) is 15.2. The molecule has 7 nitrogen and oxygen atoms in total. The molecule has 0 amide bonds. The normalized spacial score (nSPS) is 15.3. The zero-order valence-electron chi connectivity index (χ0n) is 15.8. The molecule has 1 fully saturated rings. The van der Waals surface area contributed by atoms with Crippen molar-refractivity contribution in [3.63, 3.8) is 0 Å². The highest BCUT2D eigenvalue weighted by molar-refractivity contribution is 5.51. The largest absolute Gasteiger partial charge is 0.493 e. The van der Waals surface area contributed by atoms with E-state index in [-0.39, 0.29) is 10.6 Å². The third kappa shape index (κ3) is 4.68. The van der Waals surface area contributed by atoms with Crippen molar-refractivity contribution in [2.75, 3.05) is 45.3 Å². The summed E-state index contributed by atoms with van der Waals surface area (Å²) in [5.41, 5.74) is 2.36. The summed E-state index contributed by atoms with van der Waals surface area (Å²) in [5.74, 6) is 1.48. The minimum absolute atomic E-state index is 0.128. The van der Waals surface area contributed by atoms with Crippen molar-refractivity contribution in [2.24, 2.45) is 0 Å². The number of hydrogen-bond donors (Lipinski definition) is 0. The molecule has 1 heterocycles. The summed E-state index contributed by atoms with van der Waals surface area (Å²) in [7, 11) is 3.29. The third-order valence-corrected chi connectivity index (χ3v) is 4.87. The van der Waals surface area contributed by atoms with Gasteiger partial charge in [-0.15, -0.1) is 0 Å². The van der Waals surface area contributed by atoms with Gasteiger partial charge in [0, 0.05) is 50.5 Å². The number of anilines is 1. The van der Waals surface area contributed by atoms with Crippen LogP contribution in [0.5, 0.6) is 11.5 Å². The summed E-state index contributed by atoms with van der Waals surface area (Å²) in [6.07, 6.45) is 1.05. The molecular weight excluding hydrogens is 346 g/mol. The highest BCUT2D eigenvalue weighted by atomic mass is 16.6. The molecule has 1 aliphatic heterocycles. The number of benzene rings is 2. The van der Waals surface area contributed by atoms with Crippen LogP contribution in [0.2, 0.25) is 0 Å². The second kappa shape index (κ2) is 8.73. The molecule has 0 aromatic heterocycles. The van der Waals surface area contributed by atoms with E-state index in [0.29, 0.717) is 0 Å². The van der Waals surface area contributed by atoms with Crippen LogP contribution < -0.4 is 14.4 Å². The first kappa shape index (κ1) is 19.0. The Hall–Kier alpha value is -2.80. The monoisotopic (exact) mass is 371 g/mol. The van der Waals surface area contributed by atoms with Gasteiger partial charge < -0.3 is 14.4 Å². The highest BCUT2D eigenvalue weighted by Gasteiger charge is 2.17. The van der Waals surface area contributed by atoms with Gasteiger partial charge in [-0.3, -0.25) is 15.0 Å². The highest BCUT2D eigenvalue weighted by Crippen LogP contribution is 2.28. The number of nitro benzene ring substituents is 1. The molecule has 0 bridgehead atoms. The molecule has 3 rings (SSSR count). The standard InChI is InChI=1S/C20H25N3O4/c1-26-19-9-4-16(14-20(19)27-2)15-21-10-3-11-22(13-12-21)17-5-7-18(8-6-17)23(24)25/h4-9,14H,3,10-13,15H2,1-2H3. The maximum absolute atomic E-state index is 10.8. The van der Waals surface area contributed by atoms with Crippen molar-refractivity contribution < 1.29 is 14.4 Å². The van der Waals surface area contributed by atoms with Crippen molar-refractivity contribution in [1.29, 1.82) is 0 Å². The molecule has 1 aliphatic rings. The minimum atomic E-state index is -0.364. The lowest BCUT2D eigenvalue weighted by molar-refractivity contribution is -0.384. The van der Waals surface area contributed by atoms with Crippen molar-refractivity contribution >= 4 is 11.4 Å². The minimum Gasteiger partial charge on any atom is -0.493 e. The van der Waals surface area contributed by atoms with Gasteiger partial charge in [-0.2, -0.15) is 0 Å². The molecular formula is C20H25N3O4. The molecule has 144 valence electrons. The van der Waals surface area contributed by atoms with Crippen LogP contribution in [0.3, 0.4) is 0 Å². The van der Waals surface area contributed by atoms with Gasteiger partial charge in [-0.05, 0) is 36.2 Å². The van der Waals surface area contributed by atoms with Crippen molar-refractivity contribution in [2.45, 2.75) is 13.0 Å². The van der Waals surface area contributed by atoms with Gasteiger partial charge in [0.05, 0.1) is 19.1 Å². The van der Waals surface area contributed by atoms with Crippen LogP contribution in [-0.2, 0) is 6.54 Å². The molecule has 0 radical (unpaired) electrons. The Morgan fingerprint density at radius 1 is 0.963 bits per heavy atom. The zero-order valence-corrected chi connectivity index (χ0v) is 15.8. The maximum Gasteiger partial charge on any atom is 0.269 e. The van der Waals surface area contributed by atoms with Crippen LogP contribution in [-0.4, -0.2) is 50.2 Å². The Labute approximate surface area is 159 Å². The fourth-order valence-electron chi connectivity index (χ4n) is 3.41. The number of non-ortho nitro benzene ring substituents is 1. The van der Waals surface area contributed by atoms with Gasteiger partial charge in [0.15, 0.2) is 11.5 Å². The summed E-state index contributed by atoms with van der Waals surface area (Å²) < 4.78 is 10.7. The maximum atomic E-state index is 10.8. The lowest BCUT2D eigenvalue weighted by Crippen LogP contribution is -2.30. The topological polar surface area (TPSA) is 68.1 Å². The average molecular weight is 371 g/mol. The molecule has 2 aromatic carbocycles. The van der Waals surface area contributed by atoms with Gasteiger partial charge in [-0.1, -0.05) is 6.07 Å². The predicted molar refractivity (Wildman–Crippen MR) is 105 cm³/mol. The zero-order chi connectivity index (χ0) is 19.2. The Morgan fingerprint density at radius 2 is 1.70 bits per heavy atom. The van der Waals surface area contributed by atoms with E-state index < -0.39 is 0 Å². The predicted octanol–water partition coefficient (Wildman–Crippen LogP) is 3.32. The van der Waals surface area contributed by atoms with E-state index in [2.05, 4.69) is 15.9 Å². The molecule has 7 heteroatoms. The van der Waals surface area contributed by atoms with Gasteiger partial charge in [0.25, 0.3) is 5.69 Å². The Bertz CT molecular complexity index is 779. The number of methoxy groups -OCH3 is 2. The second-order valence-electron chi connectivity index (χ2n) is 6.58. The number of rotatable bonds is 6. The molecule has 0 N–H and O–H groups in total. The van der Waals surface area contributed by atoms with Crippen LogP contribution in [0.25, 0.3) is 0 Å². The summed E-state index contributed by atoms with van der Waals surface area (Å²) in [6.45, 7) is 4.64. The Morgan fingerprint density at radius 3 is 2.37 bits per heavy atom. The number of hydrogen-bond acceptors (Lipinski definition) is 6. The third-order valence-electron chi connectivity index (χ3n) is 4.87. The average Bonchev–Trinajstić information content (AvgIpc) is 2.93. The molecule has 0 saturated carbocycles. The first-order valence-corrected chi connectivity index (χ1v) is 9.03. The molecule has 1 saturated heterocycles. The second-order valence-corrected chi connectivity index (χ2v) is 6.58. The fourth-order valence-corrected chi connectivity index (χ4v) is 3.41. The number of nitrogens with zero attached hydrogens (tertiary/aromatic N) is 3. The van der Waals surface area contributed by atoms with E-state index in [0.717, 1.165) is 56.3 Å². The lowest BCUT2D eigenvalue weighted by atomic mass is 10.2. The van der Waals surface area contributed by atoms with E-state index in [9.17, 15) is 10.1 Å². The van der Waals surface area contributed by atoms with Crippen LogP contribution in [0.1, 0.15) is 12.0 Å². The van der Waals surface area contributed by atoms with Crippen LogP contribution in [0.4, 0.5) is 11.4 Å². The first-order chi connectivity index (χ1) is 13.1. The first-order valence-electron chi connectivity index (χ1n) is 9.03. The van der Waals surface area contributed by atoms with Gasteiger partial charge in [0.1, 0.15) is 0 Å². The lowest BCUT2D eigenvalue weighted by Gasteiger charge is -2.23. The van der Waals surface area contributed by atoms with Crippen molar-refractivity contribution in [3.8, 4) is 11.5 Å². The van der Waals surface area contributed by atoms with Crippen LogP contribution >= 0.6 is 0 Å². The summed E-state index contributed by atoms with van der Waals surface area (Å²) >= 11 is 0. The van der Waals surface area contributed by atoms with Crippen LogP contribution in [0, 0.1) is 10.1 Å². The molecule has 0 spiro atoms. The molecule has 0 unspecified atom stereocenters. The SMILES string of the molecule is COc1ccc(CN2CCCN(c3ccc([N+](=O)[O-])cc3)CC2)cc1OC. The number of ether oxygens (including phenoxy) is 2. The van der Waals surface area contributed by atoms with Gasteiger partial charge in [-0.25, -0.2) is 0 Å². The quantitative estimate of drug-likeness (QED) is 0.573. The fraction of sp³-hybridized carbons (Fsp3) is 0.400. The Kier molecular flexibility index (Phi) is 6.13. The molecule has 0 aliphatic carbocycles. The van der Waals surface area contributed by atoms with E-state index in [1.807, 2.05) is 24.3 Å². The van der Waals surface area contributed by atoms with Crippen molar-refractivity contribution in [3.05, 3.63) is 58.1 Å². The van der Waals surface area contributed by atoms with E-state index >= 15 is 0 Å². The number of nitro groups is 1. The van der Waals surface area contributed by atoms with E-state index in [1.165, 1.54) is 5.56 Å². The smallest absolute Gasteiger partial charge is 0.269 e. The van der Waals surface area contributed by atoms with Crippen molar-refractivity contribution in [1.82, 2.24) is 4.90 Å². The molecule has 27 heavy (non-hydrogen) atoms.